The number of rotatable bonds is 6. The van der Waals surface area contributed by atoms with Gasteiger partial charge in [0.15, 0.2) is 8.32 Å². The lowest BCUT2D eigenvalue weighted by atomic mass is 9.93. The molecule has 1 nitrogen and oxygen atoms in total. The molecule has 0 unspecified atom stereocenters. The van der Waals surface area contributed by atoms with Crippen molar-refractivity contribution in [3.63, 3.8) is 0 Å². The highest BCUT2D eigenvalue weighted by Crippen LogP contribution is 2.33. The summed E-state index contributed by atoms with van der Waals surface area (Å²) in [6.07, 6.45) is 0. The van der Waals surface area contributed by atoms with Crippen LogP contribution < -0.4 is 0 Å². The molecule has 0 aliphatic carbocycles. The van der Waals surface area contributed by atoms with Crippen LogP contribution >= 0.6 is 0 Å². The Balaban J connectivity index is 2.31. The fraction of sp³-hybridized carbons (Fsp3) is 0.333. The smallest absolute Gasteiger partial charge is 0.187 e. The third-order valence-corrected chi connectivity index (χ3v) is 6.10. The first-order chi connectivity index (χ1) is 9.62. The highest BCUT2D eigenvalue weighted by atomic mass is 28.4. The van der Waals surface area contributed by atoms with Gasteiger partial charge in [0.05, 0.1) is 0 Å². The van der Waals surface area contributed by atoms with Gasteiger partial charge in [-0.3, -0.25) is 0 Å². The summed E-state index contributed by atoms with van der Waals surface area (Å²) in [4.78, 5) is 0. The first kappa shape index (κ1) is 15.0. The molecular weight excluding hydrogens is 260 g/mol. The van der Waals surface area contributed by atoms with Crippen molar-refractivity contribution in [3.8, 4) is 0 Å². The molecule has 0 aliphatic heterocycles. The summed E-state index contributed by atoms with van der Waals surface area (Å²) in [6.45, 7) is 7.54. The fourth-order valence-electron chi connectivity index (χ4n) is 2.74. The van der Waals surface area contributed by atoms with Gasteiger partial charge in [-0.1, -0.05) is 60.7 Å². The SMILES string of the molecule is CCO[Si](C)(C)CC(c1ccccc1)c1ccccc1. The maximum atomic E-state index is 6.04. The Bertz CT molecular complexity index is 468. The second-order valence-electron chi connectivity index (χ2n) is 5.77. The Kier molecular flexibility index (Phi) is 5.15. The molecule has 0 N–H and O–H groups in total. The van der Waals surface area contributed by atoms with E-state index >= 15 is 0 Å². The molecule has 0 amide bonds. The quantitative estimate of drug-likeness (QED) is 0.674. The van der Waals surface area contributed by atoms with Crippen LogP contribution in [0.1, 0.15) is 24.0 Å². The molecule has 106 valence electrons. The van der Waals surface area contributed by atoms with Gasteiger partial charge in [0.25, 0.3) is 0 Å². The maximum Gasteiger partial charge on any atom is 0.187 e. The highest BCUT2D eigenvalue weighted by molar-refractivity contribution is 6.71. The Morgan fingerprint density at radius 2 is 1.30 bits per heavy atom. The largest absolute Gasteiger partial charge is 0.418 e. The van der Waals surface area contributed by atoms with E-state index in [1.165, 1.54) is 11.1 Å². The Labute approximate surface area is 123 Å². The molecule has 0 bridgehead atoms. The zero-order valence-corrected chi connectivity index (χ0v) is 13.7. The molecule has 0 saturated heterocycles. The van der Waals surface area contributed by atoms with E-state index in [9.17, 15) is 0 Å². The van der Waals surface area contributed by atoms with Crippen molar-refractivity contribution in [3.05, 3.63) is 71.8 Å². The van der Waals surface area contributed by atoms with Crippen molar-refractivity contribution >= 4 is 8.32 Å². The lowest BCUT2D eigenvalue weighted by Crippen LogP contribution is -2.32. The lowest BCUT2D eigenvalue weighted by molar-refractivity contribution is 0.327. The Hall–Kier alpha value is -1.38. The first-order valence-corrected chi connectivity index (χ1v) is 10.5. The van der Waals surface area contributed by atoms with E-state index in [-0.39, 0.29) is 0 Å². The summed E-state index contributed by atoms with van der Waals surface area (Å²) in [5, 5.41) is 0. The summed E-state index contributed by atoms with van der Waals surface area (Å²) in [5.74, 6) is 0.436. The van der Waals surface area contributed by atoms with Crippen LogP contribution in [0.2, 0.25) is 19.1 Å². The van der Waals surface area contributed by atoms with Crippen LogP contribution in [0.25, 0.3) is 0 Å². The Morgan fingerprint density at radius 3 is 1.70 bits per heavy atom. The van der Waals surface area contributed by atoms with Crippen LogP contribution in [-0.4, -0.2) is 14.9 Å². The molecule has 0 radical (unpaired) electrons. The van der Waals surface area contributed by atoms with Gasteiger partial charge in [0.1, 0.15) is 0 Å². The molecule has 0 heterocycles. The molecule has 0 aliphatic rings. The molecule has 0 atom stereocenters. The van der Waals surface area contributed by atoms with Crippen LogP contribution in [0.4, 0.5) is 0 Å². The number of hydrogen-bond acceptors (Lipinski definition) is 1. The molecule has 0 saturated carbocycles. The van der Waals surface area contributed by atoms with E-state index < -0.39 is 8.32 Å². The van der Waals surface area contributed by atoms with E-state index in [1.807, 2.05) is 0 Å². The lowest BCUT2D eigenvalue weighted by Gasteiger charge is -2.28. The summed E-state index contributed by atoms with van der Waals surface area (Å²) in [7, 11) is -1.63. The topological polar surface area (TPSA) is 9.23 Å². The third-order valence-electron chi connectivity index (χ3n) is 3.63. The zero-order chi connectivity index (χ0) is 14.4. The van der Waals surface area contributed by atoms with Gasteiger partial charge in [-0.25, -0.2) is 0 Å². The van der Waals surface area contributed by atoms with Crippen molar-refractivity contribution in [1.82, 2.24) is 0 Å². The summed E-state index contributed by atoms with van der Waals surface area (Å²) in [5.41, 5.74) is 2.78. The van der Waals surface area contributed by atoms with Crippen LogP contribution in [0.5, 0.6) is 0 Å². The van der Waals surface area contributed by atoms with Crippen molar-refractivity contribution in [1.29, 1.82) is 0 Å². The molecule has 20 heavy (non-hydrogen) atoms. The van der Waals surface area contributed by atoms with Gasteiger partial charge < -0.3 is 4.43 Å². The van der Waals surface area contributed by atoms with Crippen molar-refractivity contribution < 1.29 is 4.43 Å². The molecule has 2 aromatic carbocycles. The Morgan fingerprint density at radius 1 is 0.850 bits per heavy atom. The summed E-state index contributed by atoms with van der Waals surface area (Å²) in [6, 6.07) is 22.7. The van der Waals surface area contributed by atoms with Crippen LogP contribution in [-0.2, 0) is 4.43 Å². The molecule has 0 aromatic heterocycles. The molecular formula is C18H24OSi. The van der Waals surface area contributed by atoms with E-state index in [1.54, 1.807) is 0 Å². The minimum Gasteiger partial charge on any atom is -0.418 e. The average Bonchev–Trinajstić information content (AvgIpc) is 2.47. The molecule has 0 spiro atoms. The van der Waals surface area contributed by atoms with Crippen LogP contribution in [0, 0.1) is 0 Å². The van der Waals surface area contributed by atoms with Crippen molar-refractivity contribution in [2.24, 2.45) is 0 Å². The van der Waals surface area contributed by atoms with Crippen molar-refractivity contribution in [2.75, 3.05) is 6.61 Å². The van der Waals surface area contributed by atoms with Crippen LogP contribution in [0.3, 0.4) is 0 Å². The van der Waals surface area contributed by atoms with E-state index in [4.69, 9.17) is 4.43 Å². The standard InChI is InChI=1S/C18H24OSi/c1-4-19-20(2,3)15-18(16-11-7-5-8-12-16)17-13-9-6-10-14-17/h5-14,18H,4,15H2,1-3H3. The molecule has 2 heteroatoms. The average molecular weight is 284 g/mol. The van der Waals surface area contributed by atoms with Gasteiger partial charge in [-0.15, -0.1) is 0 Å². The molecule has 0 fully saturated rings. The summed E-state index contributed by atoms with van der Waals surface area (Å²) < 4.78 is 6.04. The van der Waals surface area contributed by atoms with Gasteiger partial charge in [0.2, 0.25) is 0 Å². The van der Waals surface area contributed by atoms with E-state index in [0.717, 1.165) is 12.7 Å². The number of benzene rings is 2. The second-order valence-corrected chi connectivity index (χ2v) is 9.99. The minimum atomic E-state index is -1.63. The normalized spacial score (nSPS) is 11.8. The predicted molar refractivity (Wildman–Crippen MR) is 88.6 cm³/mol. The summed E-state index contributed by atoms with van der Waals surface area (Å²) >= 11 is 0. The van der Waals surface area contributed by atoms with Gasteiger partial charge in [-0.05, 0) is 37.2 Å². The third kappa shape index (κ3) is 4.05. The van der Waals surface area contributed by atoms with Crippen LogP contribution in [0.15, 0.2) is 60.7 Å². The van der Waals surface area contributed by atoms with Gasteiger partial charge >= 0.3 is 0 Å². The van der Waals surface area contributed by atoms with Gasteiger partial charge in [0, 0.05) is 12.5 Å². The predicted octanol–water partition coefficient (Wildman–Crippen LogP) is 5.06. The zero-order valence-electron chi connectivity index (χ0n) is 12.7. The number of hydrogen-bond donors (Lipinski definition) is 0. The second kappa shape index (κ2) is 6.87. The van der Waals surface area contributed by atoms with E-state index in [0.29, 0.717) is 5.92 Å². The molecule has 2 aromatic rings. The van der Waals surface area contributed by atoms with Crippen molar-refractivity contribution in [2.45, 2.75) is 32.0 Å². The monoisotopic (exact) mass is 284 g/mol. The van der Waals surface area contributed by atoms with Gasteiger partial charge in [-0.2, -0.15) is 0 Å². The van der Waals surface area contributed by atoms with E-state index in [2.05, 4.69) is 80.7 Å². The first-order valence-electron chi connectivity index (χ1n) is 7.36. The highest BCUT2D eigenvalue weighted by Gasteiger charge is 2.28. The minimum absolute atomic E-state index is 0.436. The molecule has 2 rings (SSSR count). The maximum absolute atomic E-state index is 6.04. The fourth-order valence-corrected chi connectivity index (χ4v) is 5.09.